The smallest absolute Gasteiger partial charge is 0.407 e. The van der Waals surface area contributed by atoms with Crippen LogP contribution in [0, 0.1) is 0 Å². The van der Waals surface area contributed by atoms with E-state index in [0.29, 0.717) is 0 Å². The van der Waals surface area contributed by atoms with E-state index in [4.69, 9.17) is 5.11 Å². The van der Waals surface area contributed by atoms with Gasteiger partial charge in [-0.2, -0.15) is 0 Å². The van der Waals surface area contributed by atoms with E-state index in [1.807, 2.05) is 30.3 Å². The molecule has 4 heteroatoms. The predicted molar refractivity (Wildman–Crippen MR) is 53.8 cm³/mol. The number of carbonyl (C=O) groups excluding carboxylic acids is 1. The Morgan fingerprint density at radius 2 is 2.00 bits per heavy atom. The molecule has 0 aliphatic carbocycles. The van der Waals surface area contributed by atoms with Gasteiger partial charge in [-0.15, -0.1) is 0 Å². The molecule has 1 fully saturated rings. The van der Waals surface area contributed by atoms with Crippen LogP contribution in [0.1, 0.15) is 11.5 Å². The fraction of sp³-hybridized carbons (Fsp3) is 0.273. The van der Waals surface area contributed by atoms with Gasteiger partial charge in [0.1, 0.15) is 0 Å². The first-order valence-electron chi connectivity index (χ1n) is 4.74. The molecule has 0 saturated carbocycles. The minimum Gasteiger partial charge on any atom is -0.465 e. The largest absolute Gasteiger partial charge is 0.465 e. The minimum absolute atomic E-state index is 0.00882. The van der Waals surface area contributed by atoms with E-state index >= 15 is 0 Å². The Labute approximate surface area is 87.1 Å². The van der Waals surface area contributed by atoms with Crippen LogP contribution in [0.3, 0.4) is 0 Å². The molecule has 0 aromatic heterocycles. The zero-order valence-corrected chi connectivity index (χ0v) is 8.09. The molecule has 0 spiro atoms. The predicted octanol–water partition coefficient (Wildman–Crippen LogP) is 1.33. The molecule has 1 amide bonds. The lowest BCUT2D eigenvalue weighted by Gasteiger charge is -2.10. The second kappa shape index (κ2) is 3.73. The maximum Gasteiger partial charge on any atom is 0.407 e. The van der Waals surface area contributed by atoms with Gasteiger partial charge < -0.3 is 5.11 Å². The molecule has 1 saturated heterocycles. The highest BCUT2D eigenvalue weighted by atomic mass is 16.4. The summed E-state index contributed by atoms with van der Waals surface area (Å²) in [7, 11) is 0. The van der Waals surface area contributed by atoms with E-state index in [1.54, 1.807) is 0 Å². The molecule has 1 aromatic rings. The first kappa shape index (κ1) is 9.71. The highest BCUT2D eigenvalue weighted by molar-refractivity contribution is 5.92. The van der Waals surface area contributed by atoms with Gasteiger partial charge in [0.2, 0.25) is 0 Å². The summed E-state index contributed by atoms with van der Waals surface area (Å²) in [5.74, 6) is -0.314. The minimum atomic E-state index is -1.03. The summed E-state index contributed by atoms with van der Waals surface area (Å²) in [5.41, 5.74) is 0.895. The first-order chi connectivity index (χ1) is 7.18. The number of hydrogen-bond donors (Lipinski definition) is 1. The molecule has 1 N–H and O–H groups in total. The lowest BCUT2D eigenvalue weighted by atomic mass is 9.98. The number of hydrogen-bond acceptors (Lipinski definition) is 2. The summed E-state index contributed by atoms with van der Waals surface area (Å²) in [4.78, 5) is 23.4. The molecule has 1 aliphatic rings. The molecule has 1 aromatic carbocycles. The van der Waals surface area contributed by atoms with Crippen molar-refractivity contribution in [2.24, 2.45) is 0 Å². The summed E-state index contributed by atoms with van der Waals surface area (Å²) in [5, 5.41) is 8.77. The standard InChI is InChI=1S/C11H11NO3/c13-10-7-12(11(14)15)6-9(10)8-4-2-1-3-5-8/h1-5,9H,6-7H2,(H,14,15). The summed E-state index contributed by atoms with van der Waals surface area (Å²) in [6, 6.07) is 9.29. The van der Waals surface area contributed by atoms with Gasteiger partial charge in [0.25, 0.3) is 0 Å². The molecule has 15 heavy (non-hydrogen) atoms. The van der Waals surface area contributed by atoms with Gasteiger partial charge in [0.05, 0.1) is 12.5 Å². The summed E-state index contributed by atoms with van der Waals surface area (Å²) in [6.07, 6.45) is -1.03. The van der Waals surface area contributed by atoms with E-state index in [2.05, 4.69) is 0 Å². The van der Waals surface area contributed by atoms with Gasteiger partial charge in [0, 0.05) is 6.54 Å². The Morgan fingerprint density at radius 3 is 2.53 bits per heavy atom. The molecule has 1 aliphatic heterocycles. The number of amides is 1. The normalized spacial score (nSPS) is 20.7. The van der Waals surface area contributed by atoms with Crippen molar-refractivity contribution in [3.63, 3.8) is 0 Å². The molecule has 2 rings (SSSR count). The monoisotopic (exact) mass is 205 g/mol. The van der Waals surface area contributed by atoms with Crippen molar-refractivity contribution < 1.29 is 14.7 Å². The van der Waals surface area contributed by atoms with Crippen molar-refractivity contribution in [2.45, 2.75) is 5.92 Å². The van der Waals surface area contributed by atoms with Crippen molar-refractivity contribution in [2.75, 3.05) is 13.1 Å². The summed E-state index contributed by atoms with van der Waals surface area (Å²) < 4.78 is 0. The Morgan fingerprint density at radius 1 is 1.33 bits per heavy atom. The van der Waals surface area contributed by atoms with Crippen LogP contribution < -0.4 is 0 Å². The average Bonchev–Trinajstić information content (AvgIpc) is 2.62. The third-order valence-corrected chi connectivity index (χ3v) is 2.61. The van der Waals surface area contributed by atoms with Crippen molar-refractivity contribution in [1.82, 2.24) is 4.90 Å². The maximum atomic E-state index is 11.6. The van der Waals surface area contributed by atoms with Crippen molar-refractivity contribution in [3.8, 4) is 0 Å². The van der Waals surface area contributed by atoms with Crippen LogP contribution in [0.2, 0.25) is 0 Å². The van der Waals surface area contributed by atoms with Gasteiger partial charge in [-0.3, -0.25) is 9.69 Å². The maximum absolute atomic E-state index is 11.6. The molecule has 0 bridgehead atoms. The molecule has 1 atom stereocenters. The van der Waals surface area contributed by atoms with E-state index in [1.165, 1.54) is 0 Å². The number of rotatable bonds is 1. The number of benzene rings is 1. The quantitative estimate of drug-likeness (QED) is 0.752. The van der Waals surface area contributed by atoms with E-state index < -0.39 is 6.09 Å². The Kier molecular flexibility index (Phi) is 2.41. The number of carbonyl (C=O) groups is 2. The van der Waals surface area contributed by atoms with Crippen molar-refractivity contribution in [1.29, 1.82) is 0 Å². The van der Waals surface area contributed by atoms with Crippen LogP contribution in [0.25, 0.3) is 0 Å². The lowest BCUT2D eigenvalue weighted by molar-refractivity contribution is -0.117. The van der Waals surface area contributed by atoms with Gasteiger partial charge in [-0.25, -0.2) is 4.79 Å². The second-order valence-corrected chi connectivity index (χ2v) is 3.59. The number of Topliss-reactive ketones (excluding diaryl/α,β-unsaturated/α-hetero) is 1. The molecule has 1 heterocycles. The topological polar surface area (TPSA) is 57.6 Å². The van der Waals surface area contributed by atoms with Crippen LogP contribution >= 0.6 is 0 Å². The Hall–Kier alpha value is -1.84. The Balaban J connectivity index is 2.19. The summed E-state index contributed by atoms with van der Waals surface area (Å²) in [6.45, 7) is 0.285. The van der Waals surface area contributed by atoms with E-state index in [9.17, 15) is 9.59 Å². The molecule has 1 unspecified atom stereocenters. The van der Waals surface area contributed by atoms with Crippen molar-refractivity contribution >= 4 is 11.9 Å². The molecular weight excluding hydrogens is 194 g/mol. The summed E-state index contributed by atoms with van der Waals surface area (Å²) >= 11 is 0. The molecule has 4 nitrogen and oxygen atoms in total. The van der Waals surface area contributed by atoms with Gasteiger partial charge in [-0.1, -0.05) is 30.3 Å². The number of nitrogens with zero attached hydrogens (tertiary/aromatic N) is 1. The average molecular weight is 205 g/mol. The molecule has 0 radical (unpaired) electrons. The SMILES string of the molecule is O=C1CN(C(=O)O)CC1c1ccccc1. The zero-order valence-electron chi connectivity index (χ0n) is 8.09. The Bertz CT molecular complexity index is 388. The van der Waals surface area contributed by atoms with Crippen molar-refractivity contribution in [3.05, 3.63) is 35.9 Å². The zero-order chi connectivity index (χ0) is 10.8. The van der Waals surface area contributed by atoms with Gasteiger partial charge in [0.15, 0.2) is 5.78 Å². The van der Waals surface area contributed by atoms with Crippen LogP contribution in [0.5, 0.6) is 0 Å². The number of likely N-dealkylation sites (tertiary alicyclic amines) is 1. The van der Waals surface area contributed by atoms with Gasteiger partial charge >= 0.3 is 6.09 Å². The third kappa shape index (κ3) is 1.83. The lowest BCUT2D eigenvalue weighted by Crippen LogP contribution is -2.26. The fourth-order valence-electron chi connectivity index (χ4n) is 1.81. The van der Waals surface area contributed by atoms with Crippen LogP contribution in [-0.4, -0.2) is 35.0 Å². The molecule has 78 valence electrons. The number of ketones is 1. The van der Waals surface area contributed by atoms with E-state index in [0.717, 1.165) is 10.5 Å². The van der Waals surface area contributed by atoms with Crippen LogP contribution in [-0.2, 0) is 4.79 Å². The first-order valence-corrected chi connectivity index (χ1v) is 4.74. The molecular formula is C11H11NO3. The van der Waals surface area contributed by atoms with Gasteiger partial charge in [-0.05, 0) is 5.56 Å². The highest BCUT2D eigenvalue weighted by Crippen LogP contribution is 2.23. The number of carboxylic acid groups (broad SMARTS) is 1. The third-order valence-electron chi connectivity index (χ3n) is 2.61. The fourth-order valence-corrected chi connectivity index (χ4v) is 1.81. The highest BCUT2D eigenvalue weighted by Gasteiger charge is 2.34. The van der Waals surface area contributed by atoms with Crippen LogP contribution in [0.15, 0.2) is 30.3 Å². The second-order valence-electron chi connectivity index (χ2n) is 3.59. The van der Waals surface area contributed by atoms with Crippen LogP contribution in [0.4, 0.5) is 4.79 Å². The van der Waals surface area contributed by atoms with E-state index in [-0.39, 0.29) is 24.8 Å².